The molecule has 1 heterocycles. The summed E-state index contributed by atoms with van der Waals surface area (Å²) in [5.41, 5.74) is 6.42. The summed E-state index contributed by atoms with van der Waals surface area (Å²) < 4.78 is 1.70. The van der Waals surface area contributed by atoms with E-state index in [1.165, 1.54) is 0 Å². The van der Waals surface area contributed by atoms with Gasteiger partial charge in [0.05, 0.1) is 6.54 Å². The maximum atomic E-state index is 5.91. The first-order valence-electron chi connectivity index (χ1n) is 4.56. The van der Waals surface area contributed by atoms with E-state index in [4.69, 9.17) is 17.3 Å². The van der Waals surface area contributed by atoms with Gasteiger partial charge in [-0.2, -0.15) is 5.10 Å². The van der Waals surface area contributed by atoms with Crippen LogP contribution in [-0.4, -0.2) is 14.8 Å². The van der Waals surface area contributed by atoms with E-state index < -0.39 is 0 Å². The number of halogens is 1. The average molecular weight is 223 g/mol. The van der Waals surface area contributed by atoms with Gasteiger partial charge in [-0.05, 0) is 12.1 Å². The fraction of sp³-hybridized carbons (Fsp3) is 0.200. The largest absolute Gasteiger partial charge is 0.324 e. The van der Waals surface area contributed by atoms with Gasteiger partial charge in [-0.3, -0.25) is 0 Å². The van der Waals surface area contributed by atoms with Gasteiger partial charge in [0.1, 0.15) is 0 Å². The molecular formula is C10H11ClN4. The number of nitrogens with two attached hydrogens (primary N) is 1. The van der Waals surface area contributed by atoms with Crippen molar-refractivity contribution in [2.45, 2.75) is 6.54 Å². The minimum atomic E-state index is 0.342. The highest BCUT2D eigenvalue weighted by Gasteiger charge is 2.08. The van der Waals surface area contributed by atoms with Crippen LogP contribution in [0.25, 0.3) is 11.4 Å². The normalized spacial score (nSPS) is 10.6. The molecule has 0 amide bonds. The van der Waals surface area contributed by atoms with Gasteiger partial charge in [0.25, 0.3) is 0 Å². The molecule has 0 fully saturated rings. The Morgan fingerprint density at radius 3 is 2.87 bits per heavy atom. The Balaban J connectivity index is 2.48. The fourth-order valence-corrected chi connectivity index (χ4v) is 1.59. The number of aryl methyl sites for hydroxylation is 1. The molecule has 0 saturated heterocycles. The highest BCUT2D eigenvalue weighted by Crippen LogP contribution is 2.20. The second-order valence-corrected chi connectivity index (χ2v) is 3.63. The molecule has 2 aromatic rings. The van der Waals surface area contributed by atoms with E-state index in [-0.39, 0.29) is 0 Å². The SMILES string of the molecule is Cn1nc(CN)nc1-c1cccc(Cl)c1. The molecule has 0 spiro atoms. The number of aromatic nitrogens is 3. The van der Waals surface area contributed by atoms with E-state index in [0.717, 1.165) is 11.4 Å². The summed E-state index contributed by atoms with van der Waals surface area (Å²) in [5, 5.41) is 4.86. The Kier molecular flexibility index (Phi) is 2.70. The molecule has 0 radical (unpaired) electrons. The number of benzene rings is 1. The molecule has 4 nitrogen and oxygen atoms in total. The molecule has 0 aliphatic heterocycles. The zero-order valence-electron chi connectivity index (χ0n) is 8.31. The first-order chi connectivity index (χ1) is 7.20. The molecule has 1 aromatic heterocycles. The van der Waals surface area contributed by atoms with E-state index in [2.05, 4.69) is 10.1 Å². The number of rotatable bonds is 2. The van der Waals surface area contributed by atoms with Crippen LogP contribution in [0.1, 0.15) is 5.82 Å². The quantitative estimate of drug-likeness (QED) is 0.840. The lowest BCUT2D eigenvalue weighted by Gasteiger charge is -1.99. The molecule has 0 atom stereocenters. The maximum absolute atomic E-state index is 5.91. The van der Waals surface area contributed by atoms with Crippen molar-refractivity contribution >= 4 is 11.6 Å². The van der Waals surface area contributed by atoms with Gasteiger partial charge in [-0.25, -0.2) is 9.67 Å². The minimum Gasteiger partial charge on any atom is -0.324 e. The highest BCUT2D eigenvalue weighted by molar-refractivity contribution is 6.30. The summed E-state index contributed by atoms with van der Waals surface area (Å²) in [6.45, 7) is 0.342. The third-order valence-corrected chi connectivity index (χ3v) is 2.31. The van der Waals surface area contributed by atoms with E-state index in [0.29, 0.717) is 17.4 Å². The standard InChI is InChI=1S/C10H11ClN4/c1-15-10(13-9(6-12)14-15)7-3-2-4-8(11)5-7/h2-5H,6,12H2,1H3. The predicted molar refractivity (Wildman–Crippen MR) is 59.3 cm³/mol. The zero-order chi connectivity index (χ0) is 10.8. The molecule has 78 valence electrons. The lowest BCUT2D eigenvalue weighted by Crippen LogP contribution is -1.99. The molecule has 0 aliphatic carbocycles. The third-order valence-electron chi connectivity index (χ3n) is 2.07. The molecule has 2 rings (SSSR count). The van der Waals surface area contributed by atoms with Crippen LogP contribution in [-0.2, 0) is 13.6 Å². The van der Waals surface area contributed by atoms with Crippen LogP contribution in [0.2, 0.25) is 5.02 Å². The van der Waals surface area contributed by atoms with Crippen LogP contribution in [0, 0.1) is 0 Å². The van der Waals surface area contributed by atoms with Crippen molar-refractivity contribution in [1.29, 1.82) is 0 Å². The van der Waals surface area contributed by atoms with Gasteiger partial charge in [-0.15, -0.1) is 0 Å². The average Bonchev–Trinajstić information content (AvgIpc) is 2.60. The summed E-state index contributed by atoms with van der Waals surface area (Å²) in [6.07, 6.45) is 0. The molecule has 0 saturated carbocycles. The number of hydrogen-bond acceptors (Lipinski definition) is 3. The van der Waals surface area contributed by atoms with Gasteiger partial charge < -0.3 is 5.73 Å². The number of hydrogen-bond donors (Lipinski definition) is 1. The van der Waals surface area contributed by atoms with Crippen molar-refractivity contribution in [2.75, 3.05) is 0 Å². The van der Waals surface area contributed by atoms with Crippen molar-refractivity contribution in [3.63, 3.8) is 0 Å². The molecule has 0 unspecified atom stereocenters. The summed E-state index contributed by atoms with van der Waals surface area (Å²) in [6, 6.07) is 7.50. The van der Waals surface area contributed by atoms with Gasteiger partial charge in [0.2, 0.25) is 0 Å². The Morgan fingerprint density at radius 2 is 2.27 bits per heavy atom. The monoisotopic (exact) mass is 222 g/mol. The van der Waals surface area contributed by atoms with E-state index >= 15 is 0 Å². The van der Waals surface area contributed by atoms with Crippen molar-refractivity contribution < 1.29 is 0 Å². The Labute approximate surface area is 92.7 Å². The van der Waals surface area contributed by atoms with Crippen LogP contribution in [0.4, 0.5) is 0 Å². The van der Waals surface area contributed by atoms with E-state index in [9.17, 15) is 0 Å². The van der Waals surface area contributed by atoms with Crippen LogP contribution >= 0.6 is 11.6 Å². The van der Waals surface area contributed by atoms with Crippen LogP contribution in [0.3, 0.4) is 0 Å². The first-order valence-corrected chi connectivity index (χ1v) is 4.94. The van der Waals surface area contributed by atoms with Gasteiger partial charge in [0, 0.05) is 17.6 Å². The molecule has 1 aromatic carbocycles. The van der Waals surface area contributed by atoms with Crippen LogP contribution < -0.4 is 5.73 Å². The van der Waals surface area contributed by atoms with Crippen molar-refractivity contribution in [3.05, 3.63) is 35.1 Å². The topological polar surface area (TPSA) is 56.7 Å². The fourth-order valence-electron chi connectivity index (χ4n) is 1.40. The highest BCUT2D eigenvalue weighted by atomic mass is 35.5. The molecular weight excluding hydrogens is 212 g/mol. The van der Waals surface area contributed by atoms with Gasteiger partial charge in [-0.1, -0.05) is 23.7 Å². The minimum absolute atomic E-state index is 0.342. The summed E-state index contributed by atoms with van der Waals surface area (Å²) >= 11 is 5.91. The molecule has 5 heteroatoms. The molecule has 15 heavy (non-hydrogen) atoms. The predicted octanol–water partition coefficient (Wildman–Crippen LogP) is 1.59. The molecule has 0 aliphatic rings. The second kappa shape index (κ2) is 4.00. The number of nitrogens with zero attached hydrogens (tertiary/aromatic N) is 3. The lowest BCUT2D eigenvalue weighted by atomic mass is 10.2. The summed E-state index contributed by atoms with van der Waals surface area (Å²) in [4.78, 5) is 4.31. The first kappa shape index (κ1) is 10.1. The van der Waals surface area contributed by atoms with Crippen molar-refractivity contribution in [1.82, 2.24) is 14.8 Å². The zero-order valence-corrected chi connectivity index (χ0v) is 9.07. The van der Waals surface area contributed by atoms with Crippen molar-refractivity contribution in [2.24, 2.45) is 12.8 Å². The summed E-state index contributed by atoms with van der Waals surface area (Å²) in [5.74, 6) is 1.41. The van der Waals surface area contributed by atoms with Crippen molar-refractivity contribution in [3.8, 4) is 11.4 Å². The lowest BCUT2D eigenvalue weighted by molar-refractivity contribution is 0.749. The molecule has 0 bridgehead atoms. The third kappa shape index (κ3) is 2.00. The van der Waals surface area contributed by atoms with Crippen LogP contribution in [0.15, 0.2) is 24.3 Å². The Hall–Kier alpha value is -1.39. The van der Waals surface area contributed by atoms with E-state index in [1.807, 2.05) is 31.3 Å². The maximum Gasteiger partial charge on any atom is 0.164 e. The molecule has 2 N–H and O–H groups in total. The second-order valence-electron chi connectivity index (χ2n) is 3.19. The summed E-state index contributed by atoms with van der Waals surface area (Å²) in [7, 11) is 1.84. The smallest absolute Gasteiger partial charge is 0.164 e. The Bertz CT molecular complexity index is 478. The van der Waals surface area contributed by atoms with Gasteiger partial charge >= 0.3 is 0 Å². The Morgan fingerprint density at radius 1 is 1.47 bits per heavy atom. The van der Waals surface area contributed by atoms with Gasteiger partial charge in [0.15, 0.2) is 11.6 Å². The van der Waals surface area contributed by atoms with E-state index in [1.54, 1.807) is 4.68 Å². The van der Waals surface area contributed by atoms with Crippen LogP contribution in [0.5, 0.6) is 0 Å².